The minimum absolute atomic E-state index is 0.350. The fourth-order valence-corrected chi connectivity index (χ4v) is 1.83. The molecule has 4 heteroatoms. The zero-order chi connectivity index (χ0) is 13.7. The summed E-state index contributed by atoms with van der Waals surface area (Å²) < 4.78 is 4.94. The Hall–Kier alpha value is -2.36. The molecule has 2 rings (SSSR count). The van der Waals surface area contributed by atoms with Gasteiger partial charge < -0.3 is 14.5 Å². The van der Waals surface area contributed by atoms with Crippen molar-refractivity contribution in [2.24, 2.45) is 0 Å². The van der Waals surface area contributed by atoms with Crippen LogP contribution in [0.2, 0.25) is 0 Å². The molecule has 98 valence electrons. The maximum atomic E-state index is 11.6. The number of H-pyrrole nitrogens is 1. The van der Waals surface area contributed by atoms with Crippen molar-refractivity contribution in [1.29, 1.82) is 0 Å². The van der Waals surface area contributed by atoms with Crippen molar-refractivity contribution in [2.45, 2.75) is 13.3 Å². The third kappa shape index (κ3) is 3.10. The van der Waals surface area contributed by atoms with Gasteiger partial charge in [-0.15, -0.1) is 0 Å². The number of allylic oxidation sites excluding steroid dienone is 1. The molecule has 1 aromatic carbocycles. The topological polar surface area (TPSA) is 59.2 Å². The summed E-state index contributed by atoms with van der Waals surface area (Å²) in [6.45, 7) is 2.13. The highest BCUT2D eigenvalue weighted by atomic mass is 16.5. The van der Waals surface area contributed by atoms with E-state index in [0.717, 1.165) is 22.8 Å². The lowest BCUT2D eigenvalue weighted by Gasteiger charge is -1.96. The number of rotatable bonds is 5. The average molecular weight is 257 g/mol. The minimum atomic E-state index is -0.350. The second-order valence-electron chi connectivity index (χ2n) is 4.05. The Balaban J connectivity index is 2.28. The normalized spacial score (nSPS) is 11.0. The number of hydrogen-bond acceptors (Lipinski definition) is 3. The molecule has 0 unspecified atom stereocenters. The minimum Gasteiger partial charge on any atom is -0.461 e. The Kier molecular flexibility index (Phi) is 4.13. The maximum Gasteiger partial charge on any atom is 0.354 e. The van der Waals surface area contributed by atoms with E-state index in [1.165, 1.54) is 0 Å². The Labute approximate surface area is 111 Å². The third-order valence-corrected chi connectivity index (χ3v) is 2.68. The molecule has 0 aliphatic heterocycles. The lowest BCUT2D eigenvalue weighted by molar-refractivity contribution is -0.107. The van der Waals surface area contributed by atoms with Gasteiger partial charge in [0.2, 0.25) is 0 Å². The molecule has 0 amide bonds. The van der Waals surface area contributed by atoms with Gasteiger partial charge in [-0.3, -0.25) is 0 Å². The first-order valence-electron chi connectivity index (χ1n) is 6.14. The molecule has 4 nitrogen and oxygen atoms in total. The van der Waals surface area contributed by atoms with Gasteiger partial charge in [-0.1, -0.05) is 24.3 Å². The van der Waals surface area contributed by atoms with Gasteiger partial charge in [-0.25, -0.2) is 4.79 Å². The van der Waals surface area contributed by atoms with Gasteiger partial charge in [0.05, 0.1) is 6.61 Å². The summed E-state index contributed by atoms with van der Waals surface area (Å²) in [7, 11) is 0. The summed E-state index contributed by atoms with van der Waals surface area (Å²) in [4.78, 5) is 24.9. The number of carbonyl (C=O) groups excluding carboxylic acids is 2. The average Bonchev–Trinajstić information content (AvgIpc) is 2.82. The fourth-order valence-electron chi connectivity index (χ4n) is 1.83. The Morgan fingerprint density at radius 2 is 2.21 bits per heavy atom. The van der Waals surface area contributed by atoms with E-state index in [1.807, 2.05) is 24.3 Å². The molecule has 2 aromatic rings. The maximum absolute atomic E-state index is 11.6. The smallest absolute Gasteiger partial charge is 0.354 e. The number of ether oxygens (including phenoxy) is 1. The fraction of sp³-hybridized carbons (Fsp3) is 0.200. The van der Waals surface area contributed by atoms with Crippen LogP contribution in [0.15, 0.2) is 30.3 Å². The molecular weight excluding hydrogens is 242 g/mol. The van der Waals surface area contributed by atoms with Crippen LogP contribution in [-0.4, -0.2) is 23.8 Å². The second-order valence-corrected chi connectivity index (χ2v) is 4.05. The first-order chi connectivity index (χ1) is 9.24. The van der Waals surface area contributed by atoms with E-state index < -0.39 is 0 Å². The van der Waals surface area contributed by atoms with Crippen molar-refractivity contribution < 1.29 is 14.3 Å². The zero-order valence-corrected chi connectivity index (χ0v) is 10.7. The van der Waals surface area contributed by atoms with E-state index in [0.29, 0.717) is 18.7 Å². The number of nitrogens with one attached hydrogen (secondary N) is 1. The van der Waals surface area contributed by atoms with E-state index in [9.17, 15) is 9.59 Å². The van der Waals surface area contributed by atoms with Crippen molar-refractivity contribution in [2.75, 3.05) is 6.61 Å². The van der Waals surface area contributed by atoms with Gasteiger partial charge in [0.25, 0.3) is 0 Å². The van der Waals surface area contributed by atoms with Gasteiger partial charge in [-0.05, 0) is 24.6 Å². The highest BCUT2D eigenvalue weighted by Gasteiger charge is 2.09. The number of aromatic amines is 1. The first kappa shape index (κ1) is 13.1. The van der Waals surface area contributed by atoms with Crippen LogP contribution in [-0.2, 0) is 9.53 Å². The molecular formula is C15H15NO3. The summed E-state index contributed by atoms with van der Waals surface area (Å²) in [5, 5.41) is 0.954. The number of hydrogen-bond donors (Lipinski definition) is 1. The summed E-state index contributed by atoms with van der Waals surface area (Å²) >= 11 is 0. The molecule has 19 heavy (non-hydrogen) atoms. The molecule has 0 fully saturated rings. The van der Waals surface area contributed by atoms with Crippen LogP contribution in [0.3, 0.4) is 0 Å². The second kappa shape index (κ2) is 6.00. The van der Waals surface area contributed by atoms with E-state index >= 15 is 0 Å². The van der Waals surface area contributed by atoms with Crippen LogP contribution in [0.1, 0.15) is 29.4 Å². The lowest BCUT2D eigenvalue weighted by Crippen LogP contribution is -2.04. The summed E-state index contributed by atoms with van der Waals surface area (Å²) in [6.07, 6.45) is 4.92. The van der Waals surface area contributed by atoms with Crippen LogP contribution in [0.5, 0.6) is 0 Å². The predicted molar refractivity (Wildman–Crippen MR) is 74.0 cm³/mol. The molecule has 0 bridgehead atoms. The van der Waals surface area contributed by atoms with E-state index in [1.54, 1.807) is 19.1 Å². The number of aromatic nitrogens is 1. The standard InChI is InChI=1S/C15H15NO3/c1-2-19-15(18)14-10-12-7-6-11(5-3-4-8-17)9-13(12)16-14/h3,5-10,16H,2,4H2,1H3. The zero-order valence-electron chi connectivity index (χ0n) is 10.7. The van der Waals surface area contributed by atoms with Gasteiger partial charge in [0.1, 0.15) is 12.0 Å². The molecule has 0 saturated carbocycles. The highest BCUT2D eigenvalue weighted by molar-refractivity contribution is 5.95. The number of benzene rings is 1. The monoisotopic (exact) mass is 257 g/mol. The van der Waals surface area contributed by atoms with Gasteiger partial charge in [0, 0.05) is 17.3 Å². The number of carbonyl (C=O) groups is 2. The Morgan fingerprint density at radius 1 is 1.37 bits per heavy atom. The van der Waals surface area contributed by atoms with Crippen LogP contribution in [0, 0.1) is 0 Å². The molecule has 1 N–H and O–H groups in total. The number of esters is 1. The van der Waals surface area contributed by atoms with Gasteiger partial charge in [-0.2, -0.15) is 0 Å². The molecule has 1 aromatic heterocycles. The summed E-state index contributed by atoms with van der Waals surface area (Å²) in [5.41, 5.74) is 2.30. The van der Waals surface area contributed by atoms with Crippen LogP contribution in [0.4, 0.5) is 0 Å². The number of aldehydes is 1. The molecule has 0 aliphatic rings. The largest absolute Gasteiger partial charge is 0.461 e. The molecule has 1 heterocycles. The van der Waals surface area contributed by atoms with Crippen molar-refractivity contribution >= 4 is 29.2 Å². The van der Waals surface area contributed by atoms with E-state index in [4.69, 9.17) is 4.74 Å². The third-order valence-electron chi connectivity index (χ3n) is 2.68. The molecule has 0 atom stereocenters. The molecule has 0 spiro atoms. The van der Waals surface area contributed by atoms with Crippen molar-refractivity contribution in [3.63, 3.8) is 0 Å². The van der Waals surface area contributed by atoms with Crippen molar-refractivity contribution in [1.82, 2.24) is 4.98 Å². The van der Waals surface area contributed by atoms with Crippen LogP contribution >= 0.6 is 0 Å². The van der Waals surface area contributed by atoms with Crippen molar-refractivity contribution in [3.8, 4) is 0 Å². The summed E-state index contributed by atoms with van der Waals surface area (Å²) in [6, 6.07) is 7.56. The highest BCUT2D eigenvalue weighted by Crippen LogP contribution is 2.18. The SMILES string of the molecule is CCOC(=O)c1cc2ccc(C=CCC=O)cc2[nH]1. The molecule has 0 aliphatic carbocycles. The first-order valence-corrected chi connectivity index (χ1v) is 6.14. The molecule has 0 saturated heterocycles. The Bertz CT molecular complexity index is 625. The van der Waals surface area contributed by atoms with Crippen LogP contribution in [0.25, 0.3) is 17.0 Å². The van der Waals surface area contributed by atoms with E-state index in [-0.39, 0.29) is 5.97 Å². The summed E-state index contributed by atoms with van der Waals surface area (Å²) in [5.74, 6) is -0.350. The van der Waals surface area contributed by atoms with Crippen molar-refractivity contribution in [3.05, 3.63) is 41.6 Å². The molecule has 0 radical (unpaired) electrons. The Morgan fingerprint density at radius 3 is 2.95 bits per heavy atom. The quantitative estimate of drug-likeness (QED) is 0.661. The van der Waals surface area contributed by atoms with Gasteiger partial charge >= 0.3 is 5.97 Å². The number of fused-ring (bicyclic) bond motifs is 1. The van der Waals surface area contributed by atoms with E-state index in [2.05, 4.69) is 4.98 Å². The van der Waals surface area contributed by atoms with Gasteiger partial charge in [0.15, 0.2) is 0 Å². The van der Waals surface area contributed by atoms with Crippen LogP contribution < -0.4 is 0 Å². The predicted octanol–water partition coefficient (Wildman–Crippen LogP) is 2.95. The lowest BCUT2D eigenvalue weighted by atomic mass is 10.1.